The summed E-state index contributed by atoms with van der Waals surface area (Å²) in [6.45, 7) is 2.11. The Kier molecular flexibility index (Phi) is 6.46. The number of benzene rings is 1. The quantitative estimate of drug-likeness (QED) is 0.546. The van der Waals surface area contributed by atoms with Crippen molar-refractivity contribution in [2.45, 2.75) is 51.2 Å². The highest BCUT2D eigenvalue weighted by molar-refractivity contribution is 5.28. The highest BCUT2D eigenvalue weighted by atomic mass is 19.4. The highest BCUT2D eigenvalue weighted by Crippen LogP contribution is 2.33. The van der Waals surface area contributed by atoms with Crippen molar-refractivity contribution in [3.63, 3.8) is 0 Å². The summed E-state index contributed by atoms with van der Waals surface area (Å²) in [6.07, 6.45) is 0.469. The predicted molar refractivity (Wildman–Crippen MR) is 72.0 cm³/mol. The Hall–Kier alpha value is -1.10. The third-order valence-electron chi connectivity index (χ3n) is 3.40. The number of unbranched alkanes of at least 4 members (excludes halogenated alkanes) is 3. The normalized spacial score (nSPS) is 13.5. The molecule has 1 aromatic carbocycles. The number of hydrogen-bond acceptors (Lipinski definition) is 1. The highest BCUT2D eigenvalue weighted by Gasteiger charge is 2.34. The fraction of sp³-hybridized carbons (Fsp3) is 0.600. The van der Waals surface area contributed by atoms with E-state index in [4.69, 9.17) is 0 Å². The summed E-state index contributed by atoms with van der Waals surface area (Å²) in [4.78, 5) is 0. The minimum atomic E-state index is -4.64. The Labute approximate surface area is 117 Å². The molecule has 0 aliphatic heterocycles. The molecule has 0 saturated carbocycles. The third-order valence-corrected chi connectivity index (χ3v) is 3.40. The number of alkyl halides is 3. The maximum atomic E-state index is 13.5. The van der Waals surface area contributed by atoms with E-state index in [1.54, 1.807) is 7.05 Å². The molecule has 1 atom stereocenters. The van der Waals surface area contributed by atoms with E-state index in [1.807, 2.05) is 0 Å². The van der Waals surface area contributed by atoms with E-state index in [0.717, 1.165) is 44.2 Å². The summed E-state index contributed by atoms with van der Waals surface area (Å²) >= 11 is 0. The van der Waals surface area contributed by atoms with E-state index >= 15 is 0 Å². The molecule has 0 spiro atoms. The van der Waals surface area contributed by atoms with E-state index in [-0.39, 0.29) is 6.04 Å². The van der Waals surface area contributed by atoms with Crippen molar-refractivity contribution >= 4 is 0 Å². The second kappa shape index (κ2) is 7.62. The summed E-state index contributed by atoms with van der Waals surface area (Å²) in [6, 6.07) is 3.06. The van der Waals surface area contributed by atoms with Crippen LogP contribution in [0.2, 0.25) is 0 Å². The summed E-state index contributed by atoms with van der Waals surface area (Å²) in [5.74, 6) is -1.20. The summed E-state index contributed by atoms with van der Waals surface area (Å²) in [7, 11) is 1.74. The van der Waals surface area contributed by atoms with Crippen LogP contribution in [0.15, 0.2) is 18.2 Å². The Bertz CT molecular complexity index is 415. The smallest absolute Gasteiger partial charge is 0.313 e. The molecule has 1 N–H and O–H groups in total. The van der Waals surface area contributed by atoms with E-state index in [2.05, 4.69) is 12.2 Å². The molecule has 0 aliphatic carbocycles. The Morgan fingerprint density at radius 3 is 2.35 bits per heavy atom. The lowest BCUT2D eigenvalue weighted by molar-refractivity contribution is -0.140. The molecule has 0 amide bonds. The monoisotopic (exact) mass is 291 g/mol. The number of halogens is 4. The predicted octanol–water partition coefficient (Wildman–Crippen LogP) is 5.08. The Morgan fingerprint density at radius 1 is 1.15 bits per heavy atom. The van der Waals surface area contributed by atoms with Crippen LogP contribution in [0.25, 0.3) is 0 Å². The molecule has 0 heterocycles. The van der Waals surface area contributed by atoms with Gasteiger partial charge in [0.2, 0.25) is 0 Å². The second-order valence-corrected chi connectivity index (χ2v) is 4.93. The molecule has 0 saturated heterocycles. The van der Waals surface area contributed by atoms with Gasteiger partial charge in [0.25, 0.3) is 0 Å². The second-order valence-electron chi connectivity index (χ2n) is 4.93. The molecule has 1 rings (SSSR count). The summed E-state index contributed by atoms with van der Waals surface area (Å²) in [5, 5.41) is 3.03. The summed E-state index contributed by atoms with van der Waals surface area (Å²) < 4.78 is 51.0. The minimum absolute atomic E-state index is 0.108. The lowest BCUT2D eigenvalue weighted by Crippen LogP contribution is -2.17. The Morgan fingerprint density at radius 2 is 1.85 bits per heavy atom. The van der Waals surface area contributed by atoms with Crippen LogP contribution in [0.4, 0.5) is 17.6 Å². The number of hydrogen-bond donors (Lipinski definition) is 1. The molecular weight excluding hydrogens is 270 g/mol. The fourth-order valence-corrected chi connectivity index (χ4v) is 2.23. The van der Waals surface area contributed by atoms with Gasteiger partial charge in [0.05, 0.1) is 5.56 Å². The molecule has 0 radical (unpaired) electrons. The van der Waals surface area contributed by atoms with Gasteiger partial charge >= 0.3 is 6.18 Å². The van der Waals surface area contributed by atoms with Crippen LogP contribution in [0.1, 0.15) is 56.2 Å². The largest absolute Gasteiger partial charge is 0.419 e. The van der Waals surface area contributed by atoms with Crippen LogP contribution in [-0.2, 0) is 6.18 Å². The number of rotatable bonds is 7. The van der Waals surface area contributed by atoms with Crippen LogP contribution in [0.5, 0.6) is 0 Å². The van der Waals surface area contributed by atoms with Gasteiger partial charge < -0.3 is 5.32 Å². The van der Waals surface area contributed by atoms with Crippen LogP contribution < -0.4 is 5.32 Å². The average molecular weight is 291 g/mol. The molecule has 5 heteroatoms. The van der Waals surface area contributed by atoms with Crippen molar-refractivity contribution in [1.29, 1.82) is 0 Å². The number of nitrogens with one attached hydrogen (secondary N) is 1. The zero-order valence-corrected chi connectivity index (χ0v) is 11.9. The van der Waals surface area contributed by atoms with Crippen LogP contribution >= 0.6 is 0 Å². The molecule has 0 aliphatic rings. The molecule has 1 nitrogen and oxygen atoms in total. The van der Waals surface area contributed by atoms with Crippen molar-refractivity contribution in [1.82, 2.24) is 5.32 Å². The van der Waals surface area contributed by atoms with Gasteiger partial charge in [0, 0.05) is 6.04 Å². The van der Waals surface area contributed by atoms with E-state index in [9.17, 15) is 17.6 Å². The van der Waals surface area contributed by atoms with E-state index in [1.165, 1.54) is 6.07 Å². The van der Waals surface area contributed by atoms with Crippen molar-refractivity contribution in [3.05, 3.63) is 35.1 Å². The zero-order valence-electron chi connectivity index (χ0n) is 11.9. The SMILES string of the molecule is CCCCCCC(NC)c1ccc(C(F)(F)F)c(F)c1. The summed E-state index contributed by atoms with van der Waals surface area (Å²) in [5.41, 5.74) is -0.642. The van der Waals surface area contributed by atoms with Crippen molar-refractivity contribution in [2.75, 3.05) is 7.05 Å². The van der Waals surface area contributed by atoms with Crippen LogP contribution in [0.3, 0.4) is 0 Å². The van der Waals surface area contributed by atoms with Crippen LogP contribution in [-0.4, -0.2) is 7.05 Å². The molecule has 0 aromatic heterocycles. The average Bonchev–Trinajstić information content (AvgIpc) is 2.37. The lowest BCUT2D eigenvalue weighted by Gasteiger charge is -2.18. The fourth-order valence-electron chi connectivity index (χ4n) is 2.23. The van der Waals surface area contributed by atoms with Gasteiger partial charge in [-0.2, -0.15) is 13.2 Å². The van der Waals surface area contributed by atoms with Gasteiger partial charge in [-0.3, -0.25) is 0 Å². The van der Waals surface area contributed by atoms with Gasteiger partial charge in [-0.05, 0) is 31.2 Å². The molecule has 1 aromatic rings. The molecule has 1 unspecified atom stereocenters. The Balaban J connectivity index is 2.76. The zero-order chi connectivity index (χ0) is 15.2. The van der Waals surface area contributed by atoms with Crippen molar-refractivity contribution < 1.29 is 17.6 Å². The van der Waals surface area contributed by atoms with Gasteiger partial charge in [-0.1, -0.05) is 38.7 Å². The molecule has 0 fully saturated rings. The van der Waals surface area contributed by atoms with Crippen LogP contribution in [0, 0.1) is 5.82 Å². The maximum Gasteiger partial charge on any atom is 0.419 e. The molecule has 20 heavy (non-hydrogen) atoms. The van der Waals surface area contributed by atoms with E-state index in [0.29, 0.717) is 5.56 Å². The van der Waals surface area contributed by atoms with Crippen molar-refractivity contribution in [2.24, 2.45) is 0 Å². The molecular formula is C15H21F4N. The molecule has 0 bridgehead atoms. The first-order valence-corrected chi connectivity index (χ1v) is 6.94. The van der Waals surface area contributed by atoms with E-state index < -0.39 is 17.6 Å². The first kappa shape index (κ1) is 17.0. The topological polar surface area (TPSA) is 12.0 Å². The van der Waals surface area contributed by atoms with Gasteiger partial charge in [-0.25, -0.2) is 4.39 Å². The van der Waals surface area contributed by atoms with Gasteiger partial charge in [0.15, 0.2) is 0 Å². The third kappa shape index (κ3) is 4.78. The molecule has 114 valence electrons. The lowest BCUT2D eigenvalue weighted by atomic mass is 9.98. The van der Waals surface area contributed by atoms with Gasteiger partial charge in [-0.15, -0.1) is 0 Å². The van der Waals surface area contributed by atoms with Gasteiger partial charge in [0.1, 0.15) is 5.82 Å². The maximum absolute atomic E-state index is 13.5. The first-order valence-electron chi connectivity index (χ1n) is 6.94. The standard InChI is InChI=1S/C15H21F4N/c1-3-4-5-6-7-14(20-2)11-8-9-12(13(16)10-11)15(17,18)19/h8-10,14,20H,3-7H2,1-2H3. The van der Waals surface area contributed by atoms with Crippen molar-refractivity contribution in [3.8, 4) is 0 Å². The first-order chi connectivity index (χ1) is 9.40. The minimum Gasteiger partial charge on any atom is -0.313 e.